The van der Waals surface area contributed by atoms with Gasteiger partial charge in [-0.15, -0.1) is 12.4 Å². The normalized spacial score (nSPS) is 22.5. The van der Waals surface area contributed by atoms with Gasteiger partial charge in [0.05, 0.1) is 0 Å². The Balaban J connectivity index is 0.00000243. The lowest BCUT2D eigenvalue weighted by Crippen LogP contribution is -2.41. The molecule has 2 aliphatic heterocycles. The fourth-order valence-electron chi connectivity index (χ4n) is 4.32. The number of likely N-dealkylation sites (tertiary alicyclic amines) is 1. The van der Waals surface area contributed by atoms with Crippen molar-refractivity contribution in [3.8, 4) is 0 Å². The van der Waals surface area contributed by atoms with Crippen molar-refractivity contribution < 1.29 is 9.18 Å². The third-order valence-corrected chi connectivity index (χ3v) is 6.02. The van der Waals surface area contributed by atoms with Gasteiger partial charge in [-0.05, 0) is 80.6 Å². The van der Waals surface area contributed by atoms with Crippen LogP contribution in [0.15, 0.2) is 24.3 Å². The standard InChI is InChI=1S/C21H31FN2O.ClH/c1-16(19-5-3-9-23-15-19)12-21(25)24-10-7-17(8-11-24)13-18-4-2-6-20(22)14-18;/h2,4,6,14,16-17,19,23H,3,5,7-13,15H2,1H3;1H. The van der Waals surface area contributed by atoms with Crippen molar-refractivity contribution in [3.63, 3.8) is 0 Å². The summed E-state index contributed by atoms with van der Waals surface area (Å²) in [6.45, 7) is 6.12. The second-order valence-electron chi connectivity index (χ2n) is 7.95. The van der Waals surface area contributed by atoms with Crippen LogP contribution in [0, 0.1) is 23.6 Å². The molecule has 1 N–H and O–H groups in total. The number of halogens is 2. The number of hydrogen-bond acceptors (Lipinski definition) is 2. The molecule has 1 aromatic carbocycles. The van der Waals surface area contributed by atoms with Crippen molar-refractivity contribution in [2.45, 2.75) is 45.4 Å². The van der Waals surface area contributed by atoms with Crippen LogP contribution in [0.5, 0.6) is 0 Å². The van der Waals surface area contributed by atoms with Gasteiger partial charge < -0.3 is 10.2 Å². The summed E-state index contributed by atoms with van der Waals surface area (Å²) in [4.78, 5) is 14.7. The SMILES string of the molecule is CC(CC(=O)N1CCC(Cc2cccc(F)c2)CC1)C1CCCNC1.Cl. The predicted octanol–water partition coefficient (Wildman–Crippen LogP) is 4.05. The molecule has 1 aromatic rings. The Bertz CT molecular complexity index is 569. The molecular weight excluding hydrogens is 351 g/mol. The molecule has 2 aliphatic rings. The molecular formula is C21H32ClFN2O. The van der Waals surface area contributed by atoms with E-state index in [1.807, 2.05) is 6.07 Å². The van der Waals surface area contributed by atoms with Gasteiger partial charge in [-0.25, -0.2) is 4.39 Å². The fraction of sp³-hybridized carbons (Fsp3) is 0.667. The average molecular weight is 383 g/mol. The van der Waals surface area contributed by atoms with Crippen LogP contribution in [-0.2, 0) is 11.2 Å². The van der Waals surface area contributed by atoms with E-state index < -0.39 is 0 Å². The zero-order chi connectivity index (χ0) is 17.6. The van der Waals surface area contributed by atoms with Crippen molar-refractivity contribution in [1.82, 2.24) is 10.2 Å². The summed E-state index contributed by atoms with van der Waals surface area (Å²) in [6.07, 6.45) is 6.14. The van der Waals surface area contributed by atoms with Crippen molar-refractivity contribution in [2.75, 3.05) is 26.2 Å². The lowest BCUT2D eigenvalue weighted by Gasteiger charge is -2.34. The van der Waals surface area contributed by atoms with E-state index in [1.165, 1.54) is 18.9 Å². The van der Waals surface area contributed by atoms with Crippen LogP contribution in [0.3, 0.4) is 0 Å². The van der Waals surface area contributed by atoms with Crippen molar-refractivity contribution in [1.29, 1.82) is 0 Å². The highest BCUT2D eigenvalue weighted by Crippen LogP contribution is 2.26. The summed E-state index contributed by atoms with van der Waals surface area (Å²) in [5, 5.41) is 3.45. The van der Waals surface area contributed by atoms with E-state index in [4.69, 9.17) is 0 Å². The maximum atomic E-state index is 13.3. The van der Waals surface area contributed by atoms with E-state index in [2.05, 4.69) is 17.1 Å². The molecule has 3 nitrogen and oxygen atoms in total. The van der Waals surface area contributed by atoms with Crippen LogP contribution >= 0.6 is 12.4 Å². The molecule has 2 heterocycles. The van der Waals surface area contributed by atoms with Crippen molar-refractivity contribution >= 4 is 18.3 Å². The van der Waals surface area contributed by atoms with Crippen molar-refractivity contribution in [2.24, 2.45) is 17.8 Å². The minimum Gasteiger partial charge on any atom is -0.343 e. The smallest absolute Gasteiger partial charge is 0.222 e. The molecule has 1 amide bonds. The Kier molecular flexibility index (Phi) is 8.36. The van der Waals surface area contributed by atoms with Gasteiger partial charge in [-0.3, -0.25) is 4.79 Å². The molecule has 0 bridgehead atoms. The first kappa shape index (κ1) is 21.2. The Hall–Kier alpha value is -1.13. The number of nitrogens with zero attached hydrogens (tertiary/aromatic N) is 1. The summed E-state index contributed by atoms with van der Waals surface area (Å²) >= 11 is 0. The third kappa shape index (κ3) is 5.95. The van der Waals surface area contributed by atoms with Crippen molar-refractivity contribution in [3.05, 3.63) is 35.6 Å². The first-order chi connectivity index (χ1) is 12.1. The van der Waals surface area contributed by atoms with Gasteiger partial charge in [-0.1, -0.05) is 19.1 Å². The van der Waals surface area contributed by atoms with E-state index in [0.29, 0.717) is 30.1 Å². The van der Waals surface area contributed by atoms with Crippen LogP contribution in [0.25, 0.3) is 0 Å². The second-order valence-corrected chi connectivity index (χ2v) is 7.95. The molecule has 2 unspecified atom stereocenters. The summed E-state index contributed by atoms with van der Waals surface area (Å²) in [5.74, 6) is 1.83. The van der Waals surface area contributed by atoms with Gasteiger partial charge in [0.2, 0.25) is 5.91 Å². The Morgan fingerprint density at radius 2 is 2.08 bits per heavy atom. The number of benzene rings is 1. The minimum atomic E-state index is -0.156. The van der Waals surface area contributed by atoms with Gasteiger partial charge in [-0.2, -0.15) is 0 Å². The zero-order valence-corrected chi connectivity index (χ0v) is 16.6. The molecule has 5 heteroatoms. The molecule has 26 heavy (non-hydrogen) atoms. The third-order valence-electron chi connectivity index (χ3n) is 6.02. The lowest BCUT2D eigenvalue weighted by molar-refractivity contribution is -0.133. The van der Waals surface area contributed by atoms with E-state index in [-0.39, 0.29) is 18.2 Å². The summed E-state index contributed by atoms with van der Waals surface area (Å²) < 4.78 is 13.3. The monoisotopic (exact) mass is 382 g/mol. The van der Waals surface area contributed by atoms with Crippen LogP contribution in [0.1, 0.15) is 44.6 Å². The highest BCUT2D eigenvalue weighted by Gasteiger charge is 2.27. The first-order valence-corrected chi connectivity index (χ1v) is 9.84. The van der Waals surface area contributed by atoms with E-state index in [1.54, 1.807) is 12.1 Å². The van der Waals surface area contributed by atoms with E-state index >= 15 is 0 Å². The van der Waals surface area contributed by atoms with Crippen LogP contribution in [-0.4, -0.2) is 37.0 Å². The molecule has 0 saturated carbocycles. The van der Waals surface area contributed by atoms with Crippen LogP contribution in [0.2, 0.25) is 0 Å². The highest BCUT2D eigenvalue weighted by atomic mass is 35.5. The zero-order valence-electron chi connectivity index (χ0n) is 15.8. The molecule has 2 fully saturated rings. The highest BCUT2D eigenvalue weighted by molar-refractivity contribution is 5.85. The maximum Gasteiger partial charge on any atom is 0.222 e. The molecule has 0 radical (unpaired) electrons. The van der Waals surface area contributed by atoms with E-state index in [0.717, 1.165) is 51.0 Å². The first-order valence-electron chi connectivity index (χ1n) is 9.84. The molecule has 0 aliphatic carbocycles. The van der Waals surface area contributed by atoms with Gasteiger partial charge in [0.25, 0.3) is 0 Å². The Morgan fingerprint density at radius 1 is 1.31 bits per heavy atom. The molecule has 146 valence electrons. The van der Waals surface area contributed by atoms with Crippen LogP contribution in [0.4, 0.5) is 4.39 Å². The molecule has 2 atom stereocenters. The molecule has 0 spiro atoms. The predicted molar refractivity (Wildman–Crippen MR) is 106 cm³/mol. The van der Waals surface area contributed by atoms with Gasteiger partial charge in [0.1, 0.15) is 5.82 Å². The Morgan fingerprint density at radius 3 is 2.73 bits per heavy atom. The average Bonchev–Trinajstić information content (AvgIpc) is 2.63. The van der Waals surface area contributed by atoms with Crippen LogP contribution < -0.4 is 5.32 Å². The number of carbonyl (C=O) groups excluding carboxylic acids is 1. The van der Waals surface area contributed by atoms with Gasteiger partial charge >= 0.3 is 0 Å². The number of amides is 1. The summed E-state index contributed by atoms with van der Waals surface area (Å²) in [6, 6.07) is 6.91. The summed E-state index contributed by atoms with van der Waals surface area (Å²) in [5.41, 5.74) is 1.07. The maximum absolute atomic E-state index is 13.3. The minimum absolute atomic E-state index is 0. The second kappa shape index (κ2) is 10.3. The number of rotatable bonds is 5. The van der Waals surface area contributed by atoms with Gasteiger partial charge in [0, 0.05) is 19.5 Å². The Labute approximate surface area is 163 Å². The quantitative estimate of drug-likeness (QED) is 0.833. The topological polar surface area (TPSA) is 32.3 Å². The summed E-state index contributed by atoms with van der Waals surface area (Å²) in [7, 11) is 0. The number of nitrogens with one attached hydrogen (secondary N) is 1. The van der Waals surface area contributed by atoms with Gasteiger partial charge in [0.15, 0.2) is 0 Å². The number of hydrogen-bond donors (Lipinski definition) is 1. The lowest BCUT2D eigenvalue weighted by atomic mass is 9.84. The molecule has 2 saturated heterocycles. The largest absolute Gasteiger partial charge is 0.343 e. The van der Waals surface area contributed by atoms with E-state index in [9.17, 15) is 9.18 Å². The molecule has 3 rings (SSSR count). The number of carbonyl (C=O) groups is 1. The molecule has 0 aromatic heterocycles. The fourth-order valence-corrected chi connectivity index (χ4v) is 4.32. The number of piperidine rings is 2.